The number of ether oxygens (including phenoxy) is 3. The molecular formula is C37H51N7O5. The van der Waals surface area contributed by atoms with Gasteiger partial charge in [0, 0.05) is 30.6 Å². The van der Waals surface area contributed by atoms with Crippen LogP contribution in [0.25, 0.3) is 27.4 Å². The van der Waals surface area contributed by atoms with E-state index in [0.717, 1.165) is 58.7 Å². The summed E-state index contributed by atoms with van der Waals surface area (Å²) in [5.41, 5.74) is 9.72. The fourth-order valence-electron chi connectivity index (χ4n) is 7.04. The first-order valence-corrected chi connectivity index (χ1v) is 17.1. The average Bonchev–Trinajstić information content (AvgIpc) is 3.81. The van der Waals surface area contributed by atoms with Crippen molar-refractivity contribution in [3.05, 3.63) is 54.4 Å². The molecule has 5 N–H and O–H groups in total. The molecular weight excluding hydrogens is 622 g/mol. The van der Waals surface area contributed by atoms with Crippen molar-refractivity contribution in [2.75, 3.05) is 27.4 Å². The summed E-state index contributed by atoms with van der Waals surface area (Å²) in [6.45, 7) is 15.5. The van der Waals surface area contributed by atoms with Crippen LogP contribution in [0.1, 0.15) is 71.3 Å². The SMILES string of the molecule is C=C(/C=C\C)c1cc2ccc3nc([C@@H]4CC[C@H](C)N4C(=O)[C@@H](NC(=O)OC)C(C)C)[nH]c3c2cc1OC(C)/N=C(\N)[C@@H]1C[C@H](COC)CN1. The standard InChI is InChI=1S/C37H51N7O5/c1-9-10-21(4)26-16-25-12-13-28-33(27(25)17-31(26)49-23(6)40-34(38)29-15-24(18-39-29)19-47-7)42-35(41-28)30-14-11-22(5)44(30)36(45)32(20(2)3)43-37(46)48-8/h9-10,12-13,16-17,20,22-24,29-30,32,39H,4,11,14-15,18-19H2,1-3,5-8H3,(H2,38,40)(H,41,42)(H,43,46)/b10-9-/t22-,23?,24-,29-,30-,32-/m0/s1. The van der Waals surface area contributed by atoms with Crippen molar-refractivity contribution in [1.29, 1.82) is 0 Å². The molecule has 2 fully saturated rings. The number of benzene rings is 2. The number of hydrogen-bond donors (Lipinski definition) is 4. The summed E-state index contributed by atoms with van der Waals surface area (Å²) in [6.07, 6.45) is 5.13. The van der Waals surface area contributed by atoms with Crippen molar-refractivity contribution in [1.82, 2.24) is 25.5 Å². The highest BCUT2D eigenvalue weighted by molar-refractivity contribution is 6.06. The second-order valence-electron chi connectivity index (χ2n) is 13.5. The topological polar surface area (TPSA) is 156 Å². The Bertz CT molecular complexity index is 1750. The third kappa shape index (κ3) is 7.75. The summed E-state index contributed by atoms with van der Waals surface area (Å²) >= 11 is 0. The quantitative estimate of drug-likeness (QED) is 0.112. The van der Waals surface area contributed by atoms with Gasteiger partial charge in [0.2, 0.25) is 5.91 Å². The molecule has 3 aromatic rings. The normalized spacial score (nSPS) is 22.7. The number of rotatable bonds is 12. The molecule has 49 heavy (non-hydrogen) atoms. The van der Waals surface area contributed by atoms with Crippen molar-refractivity contribution in [2.24, 2.45) is 22.6 Å². The van der Waals surface area contributed by atoms with E-state index in [1.54, 1.807) is 7.11 Å². The van der Waals surface area contributed by atoms with Crippen LogP contribution in [0.5, 0.6) is 5.75 Å². The van der Waals surface area contributed by atoms with E-state index >= 15 is 0 Å². The number of allylic oxidation sites excluding steroid dienone is 3. The largest absolute Gasteiger partial charge is 0.468 e. The number of aromatic amines is 1. The molecule has 12 nitrogen and oxygen atoms in total. The fraction of sp³-hybridized carbons (Fsp3) is 0.514. The predicted octanol–water partition coefficient (Wildman–Crippen LogP) is 5.44. The van der Waals surface area contributed by atoms with Gasteiger partial charge in [-0.3, -0.25) is 4.79 Å². The molecule has 3 heterocycles. The van der Waals surface area contributed by atoms with Crippen LogP contribution >= 0.6 is 0 Å². The minimum atomic E-state index is -0.723. The smallest absolute Gasteiger partial charge is 0.407 e. The average molecular weight is 674 g/mol. The maximum atomic E-state index is 13.9. The van der Waals surface area contributed by atoms with Gasteiger partial charge in [-0.2, -0.15) is 0 Å². The number of aromatic nitrogens is 2. The monoisotopic (exact) mass is 673 g/mol. The van der Waals surface area contributed by atoms with Gasteiger partial charge in [0.1, 0.15) is 23.5 Å². The summed E-state index contributed by atoms with van der Waals surface area (Å²) in [5, 5.41) is 8.08. The second-order valence-corrected chi connectivity index (χ2v) is 13.5. The van der Waals surface area contributed by atoms with Crippen molar-refractivity contribution in [2.45, 2.75) is 84.3 Å². The van der Waals surface area contributed by atoms with Gasteiger partial charge >= 0.3 is 6.09 Å². The van der Waals surface area contributed by atoms with Gasteiger partial charge in [0.15, 0.2) is 6.23 Å². The van der Waals surface area contributed by atoms with Gasteiger partial charge in [0.05, 0.1) is 36.8 Å². The van der Waals surface area contributed by atoms with E-state index in [4.69, 9.17) is 29.9 Å². The Morgan fingerprint density at radius 1 is 1.22 bits per heavy atom. The number of alkyl carbamates (subject to hydrolysis) is 1. The lowest BCUT2D eigenvalue weighted by molar-refractivity contribution is -0.137. The molecule has 2 aliphatic heterocycles. The number of amidine groups is 1. The molecule has 2 amide bonds. The number of hydrogen-bond acceptors (Lipinski definition) is 8. The molecule has 0 spiro atoms. The first-order chi connectivity index (χ1) is 23.4. The first-order valence-electron chi connectivity index (χ1n) is 17.1. The van der Waals surface area contributed by atoms with Crippen LogP contribution in [0, 0.1) is 11.8 Å². The van der Waals surface area contributed by atoms with Crippen molar-refractivity contribution >= 4 is 45.2 Å². The number of nitrogens with two attached hydrogens (primary N) is 1. The molecule has 1 unspecified atom stereocenters. The third-order valence-corrected chi connectivity index (χ3v) is 9.55. The van der Waals surface area contributed by atoms with Gasteiger partial charge < -0.3 is 40.5 Å². The Balaban J connectivity index is 1.49. The molecule has 0 bridgehead atoms. The molecule has 2 saturated heterocycles. The maximum absolute atomic E-state index is 13.9. The van der Waals surface area contributed by atoms with Gasteiger partial charge in [-0.25, -0.2) is 14.8 Å². The minimum Gasteiger partial charge on any atom is -0.468 e. The molecule has 1 aromatic heterocycles. The summed E-state index contributed by atoms with van der Waals surface area (Å²) < 4.78 is 16.6. The van der Waals surface area contributed by atoms with Crippen LogP contribution in [0.2, 0.25) is 0 Å². The number of nitrogens with one attached hydrogen (secondary N) is 3. The molecule has 2 aromatic carbocycles. The van der Waals surface area contributed by atoms with Gasteiger partial charge in [-0.05, 0) is 81.0 Å². The van der Waals surface area contributed by atoms with Crippen molar-refractivity contribution in [3.8, 4) is 5.75 Å². The molecule has 2 aliphatic rings. The van der Waals surface area contributed by atoms with Gasteiger partial charge in [0.25, 0.3) is 0 Å². The van der Waals surface area contributed by atoms with Crippen LogP contribution < -0.4 is 21.1 Å². The number of fused-ring (bicyclic) bond motifs is 3. The zero-order valence-corrected chi connectivity index (χ0v) is 29.7. The van der Waals surface area contributed by atoms with Crippen LogP contribution in [-0.4, -0.2) is 84.4 Å². The highest BCUT2D eigenvalue weighted by Gasteiger charge is 2.41. The first kappa shape index (κ1) is 35.9. The van der Waals surface area contributed by atoms with Crippen LogP contribution in [0.3, 0.4) is 0 Å². The molecule has 0 saturated carbocycles. The number of imidazole rings is 1. The maximum Gasteiger partial charge on any atom is 0.407 e. The predicted molar refractivity (Wildman–Crippen MR) is 193 cm³/mol. The molecule has 0 aliphatic carbocycles. The Kier molecular flexibility index (Phi) is 11.3. The lowest BCUT2D eigenvalue weighted by Crippen LogP contribution is -2.52. The summed E-state index contributed by atoms with van der Waals surface area (Å²) in [4.78, 5) is 41.1. The lowest BCUT2D eigenvalue weighted by atomic mass is 9.99. The number of amides is 2. The molecule has 6 atom stereocenters. The van der Waals surface area contributed by atoms with Crippen molar-refractivity contribution in [3.63, 3.8) is 0 Å². The van der Waals surface area contributed by atoms with Gasteiger partial charge in [-0.1, -0.05) is 38.6 Å². The van der Waals surface area contributed by atoms with E-state index < -0.39 is 18.4 Å². The minimum absolute atomic E-state index is 0.0249. The van der Waals surface area contributed by atoms with E-state index in [9.17, 15) is 9.59 Å². The number of likely N-dealkylation sites (tertiary alicyclic amines) is 1. The number of H-pyrrole nitrogens is 1. The van der Waals surface area contributed by atoms with E-state index in [1.165, 1.54) is 7.11 Å². The summed E-state index contributed by atoms with van der Waals surface area (Å²) in [7, 11) is 3.00. The number of carbonyl (C=O) groups excluding carboxylic acids is 2. The Morgan fingerprint density at radius 2 is 2.00 bits per heavy atom. The zero-order chi connectivity index (χ0) is 35.4. The van der Waals surface area contributed by atoms with E-state index in [1.807, 2.05) is 69.9 Å². The summed E-state index contributed by atoms with van der Waals surface area (Å²) in [6, 6.07) is 7.04. The van der Waals surface area contributed by atoms with Crippen LogP contribution in [0.4, 0.5) is 4.79 Å². The number of carbonyl (C=O) groups is 2. The molecule has 5 rings (SSSR count). The van der Waals surface area contributed by atoms with Gasteiger partial charge in [-0.15, -0.1) is 0 Å². The molecule has 0 radical (unpaired) electrons. The Labute approximate surface area is 288 Å². The fourth-order valence-corrected chi connectivity index (χ4v) is 7.04. The highest BCUT2D eigenvalue weighted by atomic mass is 16.5. The number of nitrogens with zero attached hydrogens (tertiary/aromatic N) is 3. The second kappa shape index (κ2) is 15.4. The lowest BCUT2D eigenvalue weighted by Gasteiger charge is -2.32. The Hall–Kier alpha value is -4.42. The Morgan fingerprint density at radius 3 is 2.69 bits per heavy atom. The molecule has 264 valence electrons. The van der Waals surface area contributed by atoms with Crippen molar-refractivity contribution < 1.29 is 23.8 Å². The summed E-state index contributed by atoms with van der Waals surface area (Å²) in [5.74, 6) is 1.94. The highest BCUT2D eigenvalue weighted by Crippen LogP contribution is 2.39. The third-order valence-electron chi connectivity index (χ3n) is 9.55. The van der Waals surface area contributed by atoms with E-state index in [0.29, 0.717) is 29.9 Å². The molecule has 12 heteroatoms. The number of aliphatic imine (C=N–C) groups is 1. The van der Waals surface area contributed by atoms with Crippen LogP contribution in [0.15, 0.2) is 48.0 Å². The van der Waals surface area contributed by atoms with E-state index in [2.05, 4.69) is 28.3 Å². The van der Waals surface area contributed by atoms with E-state index in [-0.39, 0.29) is 30.0 Å². The zero-order valence-electron chi connectivity index (χ0n) is 29.7. The van der Waals surface area contributed by atoms with Crippen LogP contribution in [-0.2, 0) is 14.3 Å². The number of methoxy groups -OCH3 is 2.